The Labute approximate surface area is 95.9 Å². The molecule has 0 atom stereocenters. The molecule has 3 heteroatoms. The van der Waals surface area contributed by atoms with Gasteiger partial charge in [-0.3, -0.25) is 5.10 Å². The topological polar surface area (TPSA) is 41.6 Å². The molecule has 0 aliphatic heterocycles. The number of hydrogen-bond donors (Lipinski definition) is 1. The molecule has 3 nitrogen and oxygen atoms in total. The summed E-state index contributed by atoms with van der Waals surface area (Å²) in [5.74, 6) is 1.80. The second kappa shape index (κ2) is 4.08. The van der Waals surface area contributed by atoms with Crippen LogP contribution >= 0.6 is 0 Å². The average molecular weight is 215 g/mol. The van der Waals surface area contributed by atoms with Crippen LogP contribution in [0.25, 0.3) is 0 Å². The monoisotopic (exact) mass is 215 g/mol. The van der Waals surface area contributed by atoms with Crippen LogP contribution in [0.3, 0.4) is 0 Å². The number of aromatic amines is 1. The van der Waals surface area contributed by atoms with Crippen molar-refractivity contribution in [2.75, 3.05) is 0 Å². The highest BCUT2D eigenvalue weighted by Gasteiger charge is 2.19. The lowest BCUT2D eigenvalue weighted by Crippen LogP contribution is -2.13. The number of rotatable bonds is 2. The van der Waals surface area contributed by atoms with Gasteiger partial charge in [0, 0.05) is 11.8 Å². The van der Waals surface area contributed by atoms with Crippen LogP contribution in [0.15, 0.2) is 30.3 Å². The van der Waals surface area contributed by atoms with E-state index < -0.39 is 0 Å². The summed E-state index contributed by atoms with van der Waals surface area (Å²) in [6.07, 6.45) is 0.809. The van der Waals surface area contributed by atoms with Gasteiger partial charge in [0.05, 0.1) is 0 Å². The van der Waals surface area contributed by atoms with Crippen molar-refractivity contribution >= 4 is 0 Å². The number of nitrogens with one attached hydrogen (secondary N) is 1. The second-order valence-corrected chi connectivity index (χ2v) is 5.02. The number of H-pyrrole nitrogens is 1. The molecule has 0 saturated heterocycles. The van der Waals surface area contributed by atoms with E-state index in [4.69, 9.17) is 0 Å². The largest absolute Gasteiger partial charge is 0.263 e. The molecular formula is C13H17N3. The maximum atomic E-state index is 4.51. The highest BCUT2D eigenvalue weighted by molar-refractivity contribution is 5.19. The average Bonchev–Trinajstić information content (AvgIpc) is 2.67. The lowest BCUT2D eigenvalue weighted by Gasteiger charge is -2.11. The molecule has 0 spiro atoms. The van der Waals surface area contributed by atoms with Crippen LogP contribution in [-0.2, 0) is 11.8 Å². The molecule has 0 aliphatic carbocycles. The summed E-state index contributed by atoms with van der Waals surface area (Å²) in [5, 5.41) is 7.25. The molecule has 0 saturated carbocycles. The van der Waals surface area contributed by atoms with Crippen molar-refractivity contribution in [3.05, 3.63) is 47.5 Å². The smallest absolute Gasteiger partial charge is 0.156 e. The predicted octanol–water partition coefficient (Wildman–Crippen LogP) is 2.69. The molecule has 0 radical (unpaired) electrons. The third kappa shape index (κ3) is 2.48. The Kier molecular flexibility index (Phi) is 2.77. The number of benzene rings is 1. The molecule has 0 amide bonds. The van der Waals surface area contributed by atoms with E-state index in [1.807, 2.05) is 18.2 Å². The van der Waals surface area contributed by atoms with Crippen molar-refractivity contribution in [3.8, 4) is 0 Å². The number of nitrogens with zero attached hydrogens (tertiary/aromatic N) is 2. The second-order valence-electron chi connectivity index (χ2n) is 5.02. The minimum absolute atomic E-state index is 0.00539. The van der Waals surface area contributed by atoms with Crippen molar-refractivity contribution in [1.82, 2.24) is 15.2 Å². The van der Waals surface area contributed by atoms with E-state index in [-0.39, 0.29) is 5.41 Å². The van der Waals surface area contributed by atoms with Crippen LogP contribution in [0.5, 0.6) is 0 Å². The number of hydrogen-bond acceptors (Lipinski definition) is 2. The highest BCUT2D eigenvalue weighted by atomic mass is 15.2. The van der Waals surface area contributed by atoms with E-state index in [1.165, 1.54) is 5.56 Å². The van der Waals surface area contributed by atoms with Crippen molar-refractivity contribution in [1.29, 1.82) is 0 Å². The summed E-state index contributed by atoms with van der Waals surface area (Å²) < 4.78 is 0. The lowest BCUT2D eigenvalue weighted by atomic mass is 9.96. The van der Waals surface area contributed by atoms with Gasteiger partial charge in [-0.25, -0.2) is 4.98 Å². The van der Waals surface area contributed by atoms with Gasteiger partial charge < -0.3 is 0 Å². The van der Waals surface area contributed by atoms with Gasteiger partial charge in [-0.2, -0.15) is 5.10 Å². The van der Waals surface area contributed by atoms with Crippen molar-refractivity contribution in [2.45, 2.75) is 32.6 Å². The summed E-state index contributed by atoms with van der Waals surface area (Å²) in [6, 6.07) is 10.3. The Morgan fingerprint density at radius 1 is 1.12 bits per heavy atom. The minimum atomic E-state index is 0.00539. The first-order chi connectivity index (χ1) is 7.55. The summed E-state index contributed by atoms with van der Waals surface area (Å²) in [7, 11) is 0. The van der Waals surface area contributed by atoms with Crippen LogP contribution in [0.4, 0.5) is 0 Å². The molecule has 0 bridgehead atoms. The molecule has 1 heterocycles. The molecular weight excluding hydrogens is 198 g/mol. The molecule has 0 aliphatic rings. The van der Waals surface area contributed by atoms with Crippen molar-refractivity contribution < 1.29 is 0 Å². The third-order valence-electron chi connectivity index (χ3n) is 2.42. The fraction of sp³-hybridized carbons (Fsp3) is 0.385. The molecule has 0 fully saturated rings. The van der Waals surface area contributed by atoms with Crippen LogP contribution in [0.2, 0.25) is 0 Å². The normalized spacial score (nSPS) is 11.7. The van der Waals surface area contributed by atoms with E-state index in [9.17, 15) is 0 Å². The summed E-state index contributed by atoms with van der Waals surface area (Å²) in [6.45, 7) is 6.34. The van der Waals surface area contributed by atoms with Crippen molar-refractivity contribution in [2.24, 2.45) is 0 Å². The molecule has 2 aromatic rings. The SMILES string of the molecule is CC(C)(C)c1n[nH]c(Cc2ccccc2)n1. The molecule has 0 unspecified atom stereocenters. The van der Waals surface area contributed by atoms with Gasteiger partial charge in [0.25, 0.3) is 0 Å². The summed E-state index contributed by atoms with van der Waals surface area (Å²) >= 11 is 0. The summed E-state index contributed by atoms with van der Waals surface area (Å²) in [4.78, 5) is 4.51. The van der Waals surface area contributed by atoms with Crippen LogP contribution in [-0.4, -0.2) is 15.2 Å². The zero-order valence-corrected chi connectivity index (χ0v) is 9.99. The Morgan fingerprint density at radius 3 is 2.38 bits per heavy atom. The number of aromatic nitrogens is 3. The van der Waals surface area contributed by atoms with Gasteiger partial charge >= 0.3 is 0 Å². The molecule has 84 valence electrons. The van der Waals surface area contributed by atoms with E-state index in [2.05, 4.69) is 48.1 Å². The van der Waals surface area contributed by atoms with Gasteiger partial charge in [-0.1, -0.05) is 51.1 Å². The lowest BCUT2D eigenvalue weighted by molar-refractivity contribution is 0.548. The first-order valence-electron chi connectivity index (χ1n) is 5.51. The van der Waals surface area contributed by atoms with Crippen LogP contribution < -0.4 is 0 Å². The fourth-order valence-electron chi connectivity index (χ4n) is 1.50. The maximum absolute atomic E-state index is 4.51. The minimum Gasteiger partial charge on any atom is -0.263 e. The van der Waals surface area contributed by atoms with Gasteiger partial charge in [0.1, 0.15) is 5.82 Å². The Bertz CT molecular complexity index is 452. The quantitative estimate of drug-likeness (QED) is 0.836. The molecule has 1 N–H and O–H groups in total. The van der Waals surface area contributed by atoms with Gasteiger partial charge in [0.15, 0.2) is 5.82 Å². The van der Waals surface area contributed by atoms with Gasteiger partial charge in [-0.15, -0.1) is 0 Å². The van der Waals surface area contributed by atoms with E-state index in [0.717, 1.165) is 18.1 Å². The first-order valence-corrected chi connectivity index (χ1v) is 5.51. The zero-order valence-electron chi connectivity index (χ0n) is 9.99. The highest BCUT2D eigenvalue weighted by Crippen LogP contribution is 2.18. The summed E-state index contributed by atoms with van der Waals surface area (Å²) in [5.41, 5.74) is 1.25. The van der Waals surface area contributed by atoms with E-state index >= 15 is 0 Å². The first kappa shape index (κ1) is 10.9. The fourth-order valence-corrected chi connectivity index (χ4v) is 1.50. The Morgan fingerprint density at radius 2 is 1.81 bits per heavy atom. The molecule has 1 aromatic carbocycles. The Balaban J connectivity index is 2.15. The van der Waals surface area contributed by atoms with Crippen LogP contribution in [0.1, 0.15) is 38.0 Å². The third-order valence-corrected chi connectivity index (χ3v) is 2.42. The predicted molar refractivity (Wildman–Crippen MR) is 64.3 cm³/mol. The van der Waals surface area contributed by atoms with Gasteiger partial charge in [0.2, 0.25) is 0 Å². The van der Waals surface area contributed by atoms with E-state index in [1.54, 1.807) is 0 Å². The molecule has 1 aromatic heterocycles. The maximum Gasteiger partial charge on any atom is 0.156 e. The standard InChI is InChI=1S/C13H17N3/c1-13(2,3)12-14-11(15-16-12)9-10-7-5-4-6-8-10/h4-8H,9H2,1-3H3,(H,14,15,16). The van der Waals surface area contributed by atoms with Crippen LogP contribution in [0, 0.1) is 0 Å². The Hall–Kier alpha value is -1.64. The van der Waals surface area contributed by atoms with Gasteiger partial charge in [-0.05, 0) is 5.56 Å². The van der Waals surface area contributed by atoms with Crippen molar-refractivity contribution in [3.63, 3.8) is 0 Å². The molecule has 2 rings (SSSR count). The van der Waals surface area contributed by atoms with E-state index in [0.29, 0.717) is 0 Å². The zero-order chi connectivity index (χ0) is 11.6. The molecule has 16 heavy (non-hydrogen) atoms.